The average molecular weight is 576 g/mol. The van der Waals surface area contributed by atoms with E-state index in [4.69, 9.17) is 0 Å². The first kappa shape index (κ1) is 28.0. The van der Waals surface area contributed by atoms with Gasteiger partial charge in [0.1, 0.15) is 41.0 Å². The second kappa shape index (κ2) is 9.34. The van der Waals surface area contributed by atoms with Gasteiger partial charge in [0.15, 0.2) is 52.4 Å². The predicted molar refractivity (Wildman–Crippen MR) is 105 cm³/mol. The normalized spacial score (nSPS) is 12.0. The summed E-state index contributed by atoms with van der Waals surface area (Å²) in [5.41, 5.74) is -9.36. The second-order valence-electron chi connectivity index (χ2n) is 8.04. The summed E-state index contributed by atoms with van der Waals surface area (Å²) in [7, 11) is 0. The van der Waals surface area contributed by atoms with Crippen LogP contribution in [0.4, 0.5) is 65.9 Å². The fourth-order valence-corrected chi connectivity index (χ4v) is 4.62. The van der Waals surface area contributed by atoms with Crippen molar-refractivity contribution in [3.63, 3.8) is 0 Å². The largest absolute Gasteiger partial charge is 0.319 e. The Kier molecular flexibility index (Phi) is 6.72. The summed E-state index contributed by atoms with van der Waals surface area (Å²) in [6, 6.07) is 2.26. The van der Waals surface area contributed by atoms with Crippen LogP contribution in [0.3, 0.4) is 0 Å². The molecule has 4 aromatic carbocycles. The van der Waals surface area contributed by atoms with Crippen molar-refractivity contribution in [2.45, 2.75) is 0 Å². The van der Waals surface area contributed by atoms with Gasteiger partial charge in [-0.05, 0) is 0 Å². The lowest BCUT2D eigenvalue weighted by atomic mass is 9.12. The van der Waals surface area contributed by atoms with Crippen LogP contribution in [0.1, 0.15) is 0 Å². The van der Waals surface area contributed by atoms with Crippen LogP contribution in [0.15, 0.2) is 24.3 Å². The minimum absolute atomic E-state index is 0.397. The summed E-state index contributed by atoms with van der Waals surface area (Å²) < 4.78 is 219. The maximum absolute atomic E-state index is 15.2. The second-order valence-corrected chi connectivity index (χ2v) is 8.04. The maximum Gasteiger partial charge on any atom is 0.200 e. The molecule has 39 heavy (non-hydrogen) atoms. The van der Waals surface area contributed by atoms with Crippen LogP contribution in [0.2, 0.25) is 0 Å². The zero-order chi connectivity index (χ0) is 29.3. The van der Waals surface area contributed by atoms with E-state index in [9.17, 15) is 39.5 Å². The van der Waals surface area contributed by atoms with E-state index < -0.39 is 115 Å². The molecule has 0 radical (unpaired) electrons. The fourth-order valence-electron chi connectivity index (χ4n) is 4.62. The third-order valence-corrected chi connectivity index (χ3v) is 6.22. The van der Waals surface area contributed by atoms with E-state index in [-0.39, 0.29) is 0 Å². The molecule has 0 atom stereocenters. The van der Waals surface area contributed by atoms with Gasteiger partial charge in [-0.25, -0.2) is 84.1 Å². The third-order valence-electron chi connectivity index (χ3n) is 6.22. The van der Waals surface area contributed by atoms with E-state index in [0.717, 1.165) is 12.1 Å². The number of halogens is 15. The van der Waals surface area contributed by atoms with E-state index >= 15 is 26.3 Å². The minimum atomic E-state index is -5.68. The van der Waals surface area contributed by atoms with Crippen molar-refractivity contribution in [1.82, 2.24) is 0 Å². The SMILES string of the molecule is Fc1c(F)c(F)c([B-](c2ccc[cH-]2)(c2c(F)c(F)c(F)c(F)c2F)c2c(F)c(F)c(F)c(F)c2F)c(F)c1F. The molecule has 0 unspecified atom stereocenters. The first-order valence-electron chi connectivity index (χ1n) is 10.1. The first-order valence-corrected chi connectivity index (χ1v) is 10.1. The Balaban J connectivity index is 2.53. The van der Waals surface area contributed by atoms with Crippen LogP contribution < -0.4 is 21.9 Å². The van der Waals surface area contributed by atoms with Crippen LogP contribution in [0, 0.1) is 87.3 Å². The molecule has 206 valence electrons. The van der Waals surface area contributed by atoms with Crippen LogP contribution in [-0.2, 0) is 0 Å². The zero-order valence-corrected chi connectivity index (χ0v) is 18.1. The Morgan fingerprint density at radius 3 is 0.795 bits per heavy atom. The molecule has 0 aliphatic rings. The van der Waals surface area contributed by atoms with Gasteiger partial charge in [-0.15, -0.1) is 16.4 Å². The molecule has 0 amide bonds. The number of hydrogen-bond donors (Lipinski definition) is 0. The topological polar surface area (TPSA) is 0 Å². The monoisotopic (exact) mass is 576 g/mol. The van der Waals surface area contributed by atoms with Gasteiger partial charge in [0, 0.05) is 0 Å². The highest BCUT2D eigenvalue weighted by Crippen LogP contribution is 2.28. The molecule has 0 nitrogen and oxygen atoms in total. The molecular weight excluding hydrogens is 572 g/mol. The first-order chi connectivity index (χ1) is 18.1. The van der Waals surface area contributed by atoms with Crippen molar-refractivity contribution in [3.05, 3.63) is 112 Å². The van der Waals surface area contributed by atoms with Crippen molar-refractivity contribution in [3.8, 4) is 0 Å². The Hall–Kier alpha value is -3.98. The van der Waals surface area contributed by atoms with Crippen molar-refractivity contribution >= 4 is 28.0 Å². The third kappa shape index (κ3) is 3.56. The smallest absolute Gasteiger partial charge is 0.200 e. The van der Waals surface area contributed by atoms with Crippen molar-refractivity contribution < 1.29 is 65.9 Å². The van der Waals surface area contributed by atoms with E-state index in [1.165, 1.54) is 0 Å². The summed E-state index contributed by atoms with van der Waals surface area (Å²) >= 11 is 0. The maximum atomic E-state index is 15.2. The summed E-state index contributed by atoms with van der Waals surface area (Å²) in [6.07, 6.45) is -5.68. The van der Waals surface area contributed by atoms with Crippen LogP contribution in [-0.4, -0.2) is 6.15 Å². The van der Waals surface area contributed by atoms with Gasteiger partial charge in [-0.3, -0.25) is 0 Å². The fraction of sp³-hybridized carbons (Fsp3) is 0. The highest BCUT2D eigenvalue weighted by Gasteiger charge is 2.47. The van der Waals surface area contributed by atoms with Crippen LogP contribution >= 0.6 is 0 Å². The molecule has 0 bridgehead atoms. The summed E-state index contributed by atoms with van der Waals surface area (Å²) in [5, 5.41) is 0. The summed E-state index contributed by atoms with van der Waals surface area (Å²) in [4.78, 5) is 0. The lowest BCUT2D eigenvalue weighted by Gasteiger charge is -2.46. The lowest BCUT2D eigenvalue weighted by Crippen LogP contribution is -2.79. The molecule has 4 rings (SSSR count). The van der Waals surface area contributed by atoms with Gasteiger partial charge in [0.25, 0.3) is 0 Å². The Morgan fingerprint density at radius 1 is 0.359 bits per heavy atom. The Bertz CT molecular complexity index is 1400. The van der Waals surface area contributed by atoms with Crippen molar-refractivity contribution in [2.75, 3.05) is 0 Å². The van der Waals surface area contributed by atoms with Crippen molar-refractivity contribution in [2.24, 2.45) is 0 Å². The molecule has 0 fully saturated rings. The molecule has 0 N–H and O–H groups in total. The Labute approximate surface area is 206 Å². The van der Waals surface area contributed by atoms with Crippen LogP contribution in [0.5, 0.6) is 0 Å². The molecule has 0 saturated carbocycles. The highest BCUT2D eigenvalue weighted by atomic mass is 19.2. The molecule has 0 aromatic heterocycles. The van der Waals surface area contributed by atoms with Gasteiger partial charge in [0.05, 0.1) is 0 Å². The Morgan fingerprint density at radius 2 is 0.590 bits per heavy atom. The van der Waals surface area contributed by atoms with Gasteiger partial charge < -0.3 is 5.46 Å². The number of benzene rings is 3. The molecule has 0 aliphatic carbocycles. The molecule has 0 aliphatic heterocycles. The summed E-state index contributed by atoms with van der Waals surface area (Å²) in [6.45, 7) is 0. The number of rotatable bonds is 4. The highest BCUT2D eigenvalue weighted by molar-refractivity contribution is 7.20. The van der Waals surface area contributed by atoms with Crippen LogP contribution in [0.25, 0.3) is 0 Å². The van der Waals surface area contributed by atoms with Gasteiger partial charge in [0.2, 0.25) is 0 Å². The molecule has 0 saturated heterocycles. The van der Waals surface area contributed by atoms with E-state index in [2.05, 4.69) is 0 Å². The molecular formula is C23H4BF15-2. The molecule has 0 heterocycles. The van der Waals surface area contributed by atoms with Gasteiger partial charge >= 0.3 is 0 Å². The molecule has 4 aromatic rings. The standard InChI is InChI=1S/C23H4BF15/c25-9-6(10(26)16(32)21(37)15(9)31)24(5-3-1-2-4-5,7-11(27)17(33)22(38)18(34)12(7)28)8-13(29)19(35)23(39)20(36)14(8)30/h1-4H/q-2. The lowest BCUT2D eigenvalue weighted by molar-refractivity contribution is 0.380. The molecule has 0 spiro atoms. The summed E-state index contributed by atoms with van der Waals surface area (Å²) in [5.74, 6) is -45.4. The van der Waals surface area contributed by atoms with Crippen molar-refractivity contribution in [1.29, 1.82) is 0 Å². The quantitative estimate of drug-likeness (QED) is 0.107. The van der Waals surface area contributed by atoms with Gasteiger partial charge in [-0.2, -0.15) is 6.07 Å². The van der Waals surface area contributed by atoms with E-state index in [1.54, 1.807) is 0 Å². The van der Waals surface area contributed by atoms with E-state index in [1.807, 2.05) is 0 Å². The number of hydrogen-bond acceptors (Lipinski definition) is 0. The van der Waals surface area contributed by atoms with E-state index in [0.29, 0.717) is 12.1 Å². The zero-order valence-electron chi connectivity index (χ0n) is 18.1. The minimum Gasteiger partial charge on any atom is -0.319 e. The predicted octanol–water partition coefficient (Wildman–Crippen LogP) is 4.87. The molecule has 16 heteroatoms. The average Bonchev–Trinajstić information content (AvgIpc) is 3.46. The van der Waals surface area contributed by atoms with Gasteiger partial charge in [-0.1, -0.05) is 0 Å².